The fourth-order valence-corrected chi connectivity index (χ4v) is 2.26. The lowest BCUT2D eigenvalue weighted by molar-refractivity contribution is -0.130. The molecule has 2 aliphatic heterocycles. The summed E-state index contributed by atoms with van der Waals surface area (Å²) in [5.74, 6) is 0.00250. The molecular weight excluding hydrogens is 206 g/mol. The van der Waals surface area contributed by atoms with E-state index in [0.29, 0.717) is 26.1 Å². The summed E-state index contributed by atoms with van der Waals surface area (Å²) in [7, 11) is 0. The Labute approximate surface area is 96.1 Å². The van der Waals surface area contributed by atoms with E-state index in [1.54, 1.807) is 0 Å². The van der Waals surface area contributed by atoms with Crippen molar-refractivity contribution >= 4 is 5.91 Å². The Balaban J connectivity index is 1.85. The number of amides is 1. The Bertz CT molecular complexity index is 246. The summed E-state index contributed by atoms with van der Waals surface area (Å²) >= 11 is 0. The van der Waals surface area contributed by atoms with Crippen LogP contribution in [0.3, 0.4) is 0 Å². The zero-order valence-corrected chi connectivity index (χ0v) is 9.63. The number of hydrogen-bond donors (Lipinski definition) is 3. The molecule has 5 heteroatoms. The summed E-state index contributed by atoms with van der Waals surface area (Å²) in [5, 5.41) is 6.34. The molecule has 1 amide bonds. The van der Waals surface area contributed by atoms with E-state index in [2.05, 4.69) is 10.6 Å². The van der Waals surface area contributed by atoms with Gasteiger partial charge in [0.1, 0.15) is 0 Å². The Morgan fingerprint density at radius 3 is 2.56 bits per heavy atom. The number of rotatable bonds is 2. The maximum Gasteiger partial charge on any atom is 0.240 e. The largest absolute Gasteiger partial charge is 0.381 e. The molecule has 0 aromatic rings. The van der Waals surface area contributed by atoms with E-state index in [1.807, 2.05) is 0 Å². The van der Waals surface area contributed by atoms with E-state index in [4.69, 9.17) is 10.5 Å². The molecule has 16 heavy (non-hydrogen) atoms. The quantitative estimate of drug-likeness (QED) is 0.586. The molecule has 2 rings (SSSR count). The molecule has 0 aromatic heterocycles. The van der Waals surface area contributed by atoms with Gasteiger partial charge in [-0.25, -0.2) is 0 Å². The highest BCUT2D eigenvalue weighted by molar-refractivity contribution is 5.86. The Hall–Kier alpha value is -0.650. The van der Waals surface area contributed by atoms with E-state index in [9.17, 15) is 4.79 Å². The Morgan fingerprint density at radius 2 is 1.94 bits per heavy atom. The molecule has 5 nitrogen and oxygen atoms in total. The maximum absolute atomic E-state index is 12.1. The SMILES string of the molecule is NC1(C(=O)NC2CCNCC2)CCOCC1. The molecule has 2 heterocycles. The third kappa shape index (κ3) is 2.72. The minimum atomic E-state index is -0.705. The maximum atomic E-state index is 12.1. The van der Waals surface area contributed by atoms with Gasteiger partial charge in [0.15, 0.2) is 0 Å². The molecule has 2 fully saturated rings. The zero-order valence-electron chi connectivity index (χ0n) is 9.63. The number of carbonyl (C=O) groups is 1. The number of piperidine rings is 1. The Kier molecular flexibility index (Phi) is 3.78. The van der Waals surface area contributed by atoms with Gasteiger partial charge in [-0.1, -0.05) is 0 Å². The normalized spacial score (nSPS) is 26.3. The molecule has 0 saturated carbocycles. The van der Waals surface area contributed by atoms with Crippen LogP contribution in [-0.2, 0) is 9.53 Å². The average molecular weight is 227 g/mol. The summed E-state index contributed by atoms with van der Waals surface area (Å²) in [6.07, 6.45) is 3.25. The zero-order chi connectivity index (χ0) is 11.4. The van der Waals surface area contributed by atoms with Gasteiger partial charge >= 0.3 is 0 Å². The van der Waals surface area contributed by atoms with Gasteiger partial charge in [-0.2, -0.15) is 0 Å². The molecule has 92 valence electrons. The van der Waals surface area contributed by atoms with E-state index in [-0.39, 0.29) is 11.9 Å². The van der Waals surface area contributed by atoms with Gasteiger partial charge in [0.05, 0.1) is 5.54 Å². The van der Waals surface area contributed by atoms with Gasteiger partial charge in [0.25, 0.3) is 0 Å². The van der Waals surface area contributed by atoms with E-state index >= 15 is 0 Å². The molecule has 0 unspecified atom stereocenters. The van der Waals surface area contributed by atoms with E-state index in [0.717, 1.165) is 25.9 Å². The molecule has 0 bridgehead atoms. The van der Waals surface area contributed by atoms with Crippen LogP contribution in [0.5, 0.6) is 0 Å². The monoisotopic (exact) mass is 227 g/mol. The molecule has 0 atom stereocenters. The van der Waals surface area contributed by atoms with Gasteiger partial charge in [0.2, 0.25) is 5.91 Å². The lowest BCUT2D eigenvalue weighted by atomic mass is 9.89. The molecular formula is C11H21N3O2. The third-order valence-corrected chi connectivity index (χ3v) is 3.51. The van der Waals surface area contributed by atoms with Gasteiger partial charge in [-0.05, 0) is 38.8 Å². The van der Waals surface area contributed by atoms with Crippen LogP contribution in [-0.4, -0.2) is 43.8 Å². The van der Waals surface area contributed by atoms with Gasteiger partial charge in [-0.3, -0.25) is 4.79 Å². The molecule has 2 saturated heterocycles. The first-order chi connectivity index (χ1) is 7.71. The number of nitrogens with one attached hydrogen (secondary N) is 2. The third-order valence-electron chi connectivity index (χ3n) is 3.51. The summed E-state index contributed by atoms with van der Waals surface area (Å²) in [6.45, 7) is 3.14. The second-order valence-corrected chi connectivity index (χ2v) is 4.77. The van der Waals surface area contributed by atoms with E-state index < -0.39 is 5.54 Å². The van der Waals surface area contributed by atoms with Crippen molar-refractivity contribution in [1.29, 1.82) is 0 Å². The first kappa shape index (κ1) is 11.8. The van der Waals surface area contributed by atoms with Crippen molar-refractivity contribution in [3.05, 3.63) is 0 Å². The highest BCUT2D eigenvalue weighted by Gasteiger charge is 2.36. The van der Waals surface area contributed by atoms with Crippen LogP contribution in [0.4, 0.5) is 0 Å². The van der Waals surface area contributed by atoms with Crippen molar-refractivity contribution in [3.63, 3.8) is 0 Å². The summed E-state index contributed by atoms with van der Waals surface area (Å²) in [5.41, 5.74) is 5.41. The van der Waals surface area contributed by atoms with E-state index in [1.165, 1.54) is 0 Å². The molecule has 0 radical (unpaired) electrons. The molecule has 4 N–H and O–H groups in total. The lowest BCUT2D eigenvalue weighted by Gasteiger charge is -2.34. The molecule has 0 aromatic carbocycles. The van der Waals surface area contributed by atoms with Crippen molar-refractivity contribution in [1.82, 2.24) is 10.6 Å². The minimum absolute atomic E-state index is 0.00250. The van der Waals surface area contributed by atoms with Crippen LogP contribution in [0, 0.1) is 0 Å². The molecule has 0 spiro atoms. The van der Waals surface area contributed by atoms with Crippen molar-refractivity contribution < 1.29 is 9.53 Å². The summed E-state index contributed by atoms with van der Waals surface area (Å²) in [4.78, 5) is 12.1. The van der Waals surface area contributed by atoms with Crippen LogP contribution in [0.2, 0.25) is 0 Å². The molecule has 0 aliphatic carbocycles. The van der Waals surface area contributed by atoms with Crippen LogP contribution in [0.15, 0.2) is 0 Å². The highest BCUT2D eigenvalue weighted by atomic mass is 16.5. The number of carbonyl (C=O) groups excluding carboxylic acids is 1. The lowest BCUT2D eigenvalue weighted by Crippen LogP contribution is -2.59. The van der Waals surface area contributed by atoms with Crippen LogP contribution in [0.25, 0.3) is 0 Å². The van der Waals surface area contributed by atoms with Gasteiger partial charge in [0, 0.05) is 19.3 Å². The fraction of sp³-hybridized carbons (Fsp3) is 0.909. The van der Waals surface area contributed by atoms with Crippen LogP contribution in [0.1, 0.15) is 25.7 Å². The summed E-state index contributed by atoms with van der Waals surface area (Å²) < 4.78 is 5.24. The smallest absolute Gasteiger partial charge is 0.240 e. The first-order valence-corrected chi connectivity index (χ1v) is 6.09. The Morgan fingerprint density at radius 1 is 1.31 bits per heavy atom. The van der Waals surface area contributed by atoms with Crippen molar-refractivity contribution in [2.75, 3.05) is 26.3 Å². The predicted molar refractivity (Wildman–Crippen MR) is 61.0 cm³/mol. The van der Waals surface area contributed by atoms with Crippen LogP contribution >= 0.6 is 0 Å². The summed E-state index contributed by atoms with van der Waals surface area (Å²) in [6, 6.07) is 0.289. The highest BCUT2D eigenvalue weighted by Crippen LogP contribution is 2.18. The van der Waals surface area contributed by atoms with Crippen molar-refractivity contribution in [2.45, 2.75) is 37.3 Å². The standard InChI is InChI=1S/C11H21N3O2/c12-11(3-7-16-8-4-11)10(15)14-9-1-5-13-6-2-9/h9,13H,1-8,12H2,(H,14,15). The fourth-order valence-electron chi connectivity index (χ4n) is 2.26. The second-order valence-electron chi connectivity index (χ2n) is 4.77. The average Bonchev–Trinajstić information content (AvgIpc) is 2.31. The van der Waals surface area contributed by atoms with Gasteiger partial charge in [-0.15, -0.1) is 0 Å². The minimum Gasteiger partial charge on any atom is -0.381 e. The predicted octanol–water partition coefficient (Wildman–Crippen LogP) is -0.638. The van der Waals surface area contributed by atoms with Crippen LogP contribution < -0.4 is 16.4 Å². The van der Waals surface area contributed by atoms with Crippen molar-refractivity contribution in [3.8, 4) is 0 Å². The van der Waals surface area contributed by atoms with Crippen molar-refractivity contribution in [2.24, 2.45) is 5.73 Å². The number of nitrogens with two attached hydrogens (primary N) is 1. The second kappa shape index (κ2) is 5.12. The van der Waals surface area contributed by atoms with Gasteiger partial charge < -0.3 is 21.1 Å². The number of hydrogen-bond acceptors (Lipinski definition) is 4. The topological polar surface area (TPSA) is 76.4 Å². The number of ether oxygens (including phenoxy) is 1. The molecule has 2 aliphatic rings. The first-order valence-electron chi connectivity index (χ1n) is 6.09.